The van der Waals surface area contributed by atoms with Crippen molar-refractivity contribution >= 4 is 27.4 Å². The Bertz CT molecular complexity index is 627. The Hall–Kier alpha value is -1.35. The molecule has 0 aliphatic heterocycles. The van der Waals surface area contributed by atoms with Crippen molar-refractivity contribution in [2.24, 2.45) is 5.92 Å². The first-order chi connectivity index (χ1) is 8.95. The highest BCUT2D eigenvalue weighted by Gasteiger charge is 2.47. The van der Waals surface area contributed by atoms with Gasteiger partial charge in [-0.1, -0.05) is 11.6 Å². The number of carboxylic acids is 1. The van der Waals surface area contributed by atoms with E-state index in [4.69, 9.17) is 16.7 Å². The van der Waals surface area contributed by atoms with Crippen LogP contribution in [0.25, 0.3) is 0 Å². The highest BCUT2D eigenvalue weighted by molar-refractivity contribution is 7.91. The van der Waals surface area contributed by atoms with Gasteiger partial charge in [0.15, 0.2) is 15.8 Å². The van der Waals surface area contributed by atoms with Gasteiger partial charge in [0.1, 0.15) is 5.82 Å². The molecule has 0 amide bonds. The Morgan fingerprint density at radius 2 is 1.90 bits per heavy atom. The largest absolute Gasteiger partial charge is 0.481 e. The number of sulfone groups is 1. The van der Waals surface area contributed by atoms with Crippen LogP contribution in [0.2, 0.25) is 5.02 Å². The van der Waals surface area contributed by atoms with Gasteiger partial charge < -0.3 is 5.11 Å². The van der Waals surface area contributed by atoms with Gasteiger partial charge >= 0.3 is 12.1 Å². The molecule has 0 aromatic heterocycles. The van der Waals surface area contributed by atoms with Crippen molar-refractivity contribution in [3.63, 3.8) is 0 Å². The van der Waals surface area contributed by atoms with Crippen LogP contribution in [0, 0.1) is 11.7 Å². The van der Waals surface area contributed by atoms with Gasteiger partial charge in [0.25, 0.3) is 0 Å². The highest BCUT2D eigenvalue weighted by atomic mass is 35.5. The molecule has 4 nitrogen and oxygen atoms in total. The molecule has 10 heteroatoms. The van der Waals surface area contributed by atoms with Gasteiger partial charge in [-0.25, -0.2) is 12.8 Å². The summed E-state index contributed by atoms with van der Waals surface area (Å²) in [4.78, 5) is 9.82. The molecule has 112 valence electrons. The first kappa shape index (κ1) is 16.7. The van der Waals surface area contributed by atoms with Crippen molar-refractivity contribution in [3.05, 3.63) is 29.0 Å². The SMILES string of the molecule is O=C(O)C(CS(=O)(=O)c1ccc(F)c(Cl)c1)C(F)(F)F. The highest BCUT2D eigenvalue weighted by Crippen LogP contribution is 2.30. The second-order valence-electron chi connectivity index (χ2n) is 3.79. The first-order valence-corrected chi connectivity index (χ1v) is 6.95. The third-order valence-electron chi connectivity index (χ3n) is 2.33. The summed E-state index contributed by atoms with van der Waals surface area (Å²) in [6.45, 7) is 0. The van der Waals surface area contributed by atoms with E-state index in [9.17, 15) is 30.8 Å². The fourth-order valence-corrected chi connectivity index (χ4v) is 3.07. The van der Waals surface area contributed by atoms with E-state index >= 15 is 0 Å². The Labute approximate surface area is 115 Å². The summed E-state index contributed by atoms with van der Waals surface area (Å²) in [5.41, 5.74) is 0. The molecule has 0 fully saturated rings. The van der Waals surface area contributed by atoms with Gasteiger partial charge in [-0.2, -0.15) is 13.2 Å². The topological polar surface area (TPSA) is 71.4 Å². The van der Waals surface area contributed by atoms with Crippen molar-refractivity contribution in [2.75, 3.05) is 5.75 Å². The average molecular weight is 335 g/mol. The Kier molecular flexibility index (Phi) is 4.65. The van der Waals surface area contributed by atoms with Gasteiger partial charge in [0, 0.05) is 0 Å². The second kappa shape index (κ2) is 5.57. The van der Waals surface area contributed by atoms with Crippen LogP contribution in [0.3, 0.4) is 0 Å². The second-order valence-corrected chi connectivity index (χ2v) is 6.23. The number of benzene rings is 1. The number of alkyl halides is 3. The van der Waals surface area contributed by atoms with Crippen LogP contribution in [0.1, 0.15) is 0 Å². The van der Waals surface area contributed by atoms with Crippen molar-refractivity contribution in [3.8, 4) is 0 Å². The van der Waals surface area contributed by atoms with Crippen LogP contribution in [-0.2, 0) is 14.6 Å². The fourth-order valence-electron chi connectivity index (χ4n) is 1.29. The predicted octanol–water partition coefficient (Wildman–Crippen LogP) is 2.52. The molecular formula is C10H7ClF4O4S. The van der Waals surface area contributed by atoms with Crippen LogP contribution in [-0.4, -0.2) is 31.4 Å². The molecule has 0 aliphatic rings. The van der Waals surface area contributed by atoms with E-state index in [0.29, 0.717) is 18.2 Å². The predicted molar refractivity (Wildman–Crippen MR) is 60.6 cm³/mol. The van der Waals surface area contributed by atoms with E-state index in [-0.39, 0.29) is 0 Å². The lowest BCUT2D eigenvalue weighted by Crippen LogP contribution is -2.36. The van der Waals surface area contributed by atoms with Crippen LogP contribution in [0.15, 0.2) is 23.1 Å². The van der Waals surface area contributed by atoms with E-state index in [2.05, 4.69) is 0 Å². The lowest BCUT2D eigenvalue weighted by Gasteiger charge is -2.16. The maximum atomic E-state index is 12.9. The summed E-state index contributed by atoms with van der Waals surface area (Å²) in [6.07, 6.45) is -5.22. The minimum atomic E-state index is -5.22. The van der Waals surface area contributed by atoms with E-state index in [1.54, 1.807) is 0 Å². The fraction of sp³-hybridized carbons (Fsp3) is 0.300. The molecule has 1 rings (SSSR count). The molecule has 1 unspecified atom stereocenters. The summed E-state index contributed by atoms with van der Waals surface area (Å²) in [7, 11) is -4.58. The number of halogens is 5. The minimum absolute atomic E-state index is 0.593. The maximum absolute atomic E-state index is 12.9. The van der Waals surface area contributed by atoms with Crippen molar-refractivity contribution < 1.29 is 35.9 Å². The molecule has 0 radical (unpaired) electrons. The van der Waals surface area contributed by atoms with Gasteiger partial charge in [-0.05, 0) is 18.2 Å². The van der Waals surface area contributed by atoms with Crippen LogP contribution < -0.4 is 0 Å². The quantitative estimate of drug-likeness (QED) is 0.678. The van der Waals surface area contributed by atoms with Gasteiger partial charge in [0.05, 0.1) is 15.7 Å². The maximum Gasteiger partial charge on any atom is 0.403 e. The summed E-state index contributed by atoms with van der Waals surface area (Å²) in [5.74, 6) is -8.02. The summed E-state index contributed by atoms with van der Waals surface area (Å²) in [6, 6.07) is 2.01. The Morgan fingerprint density at radius 1 is 1.35 bits per heavy atom. The monoisotopic (exact) mass is 334 g/mol. The molecule has 0 spiro atoms. The third kappa shape index (κ3) is 3.83. The zero-order chi connectivity index (χ0) is 15.7. The average Bonchev–Trinajstić information content (AvgIpc) is 2.27. The molecule has 1 aromatic carbocycles. The normalized spacial score (nSPS) is 14.1. The zero-order valence-electron chi connectivity index (χ0n) is 9.49. The summed E-state index contributed by atoms with van der Waals surface area (Å²) in [5, 5.41) is 7.85. The lowest BCUT2D eigenvalue weighted by molar-refractivity contribution is -0.189. The molecule has 1 atom stereocenters. The third-order valence-corrected chi connectivity index (χ3v) is 4.36. The first-order valence-electron chi connectivity index (χ1n) is 4.92. The summed E-state index contributed by atoms with van der Waals surface area (Å²) < 4.78 is 73.6. The number of rotatable bonds is 4. The van der Waals surface area contributed by atoms with Crippen molar-refractivity contribution in [2.45, 2.75) is 11.1 Å². The zero-order valence-corrected chi connectivity index (χ0v) is 11.1. The molecule has 0 aliphatic carbocycles. The molecule has 0 bridgehead atoms. The molecule has 0 heterocycles. The standard InChI is InChI=1S/C10H7ClF4O4S/c11-7-3-5(1-2-8(7)12)20(18,19)4-6(9(16)17)10(13,14)15/h1-3,6H,4H2,(H,16,17). The molecule has 0 saturated carbocycles. The smallest absolute Gasteiger partial charge is 0.403 e. The summed E-state index contributed by atoms with van der Waals surface area (Å²) >= 11 is 5.33. The van der Waals surface area contributed by atoms with Crippen molar-refractivity contribution in [1.82, 2.24) is 0 Å². The van der Waals surface area contributed by atoms with Gasteiger partial charge in [-0.15, -0.1) is 0 Å². The Balaban J connectivity index is 3.16. The number of aliphatic carboxylic acids is 1. The van der Waals surface area contributed by atoms with E-state index < -0.39 is 49.4 Å². The number of carboxylic acid groups (broad SMARTS) is 1. The van der Waals surface area contributed by atoms with Gasteiger partial charge in [-0.3, -0.25) is 4.79 Å². The van der Waals surface area contributed by atoms with Crippen LogP contribution in [0.5, 0.6) is 0 Å². The van der Waals surface area contributed by atoms with Crippen molar-refractivity contribution in [1.29, 1.82) is 0 Å². The number of hydrogen-bond acceptors (Lipinski definition) is 3. The Morgan fingerprint density at radius 3 is 2.30 bits per heavy atom. The molecule has 1 N–H and O–H groups in total. The molecule has 0 saturated heterocycles. The van der Waals surface area contributed by atoms with Crippen LogP contribution in [0.4, 0.5) is 17.6 Å². The molecule has 1 aromatic rings. The minimum Gasteiger partial charge on any atom is -0.481 e. The van der Waals surface area contributed by atoms with Gasteiger partial charge in [0.2, 0.25) is 0 Å². The number of hydrogen-bond donors (Lipinski definition) is 1. The van der Waals surface area contributed by atoms with E-state index in [0.717, 1.165) is 0 Å². The molecular weight excluding hydrogens is 328 g/mol. The van der Waals surface area contributed by atoms with Crippen LogP contribution >= 0.6 is 11.6 Å². The lowest BCUT2D eigenvalue weighted by atomic mass is 10.2. The van der Waals surface area contributed by atoms with E-state index in [1.165, 1.54) is 0 Å². The molecule has 20 heavy (non-hydrogen) atoms. The number of carbonyl (C=O) groups is 1. The van der Waals surface area contributed by atoms with E-state index in [1.807, 2.05) is 0 Å².